The number of ketones is 2. The summed E-state index contributed by atoms with van der Waals surface area (Å²) in [4.78, 5) is 27.4. The highest BCUT2D eigenvalue weighted by Crippen LogP contribution is 2.15. The molecule has 2 aromatic rings. The Labute approximate surface area is 120 Å². The van der Waals surface area contributed by atoms with Crippen molar-refractivity contribution in [3.63, 3.8) is 0 Å². The number of nitrogens with zero attached hydrogens (tertiary/aromatic N) is 1. The van der Waals surface area contributed by atoms with E-state index in [0.717, 1.165) is 12.1 Å². The molecular weight excluding hydrogens is 276 g/mol. The summed E-state index contributed by atoms with van der Waals surface area (Å²) in [6.07, 6.45) is 1.50. The van der Waals surface area contributed by atoms with Crippen molar-refractivity contribution in [3.05, 3.63) is 65.0 Å². The van der Waals surface area contributed by atoms with Crippen molar-refractivity contribution in [2.24, 2.45) is 0 Å². The SMILES string of the molecule is CCC(=O)c1ccc(CC(=O)c2c(F)cccc2F)nc1. The molecule has 1 aromatic heterocycles. The summed E-state index contributed by atoms with van der Waals surface area (Å²) >= 11 is 0. The van der Waals surface area contributed by atoms with Gasteiger partial charge in [-0.05, 0) is 24.3 Å². The zero-order valence-corrected chi connectivity index (χ0v) is 11.4. The topological polar surface area (TPSA) is 47.0 Å². The van der Waals surface area contributed by atoms with Crippen molar-refractivity contribution < 1.29 is 18.4 Å². The molecule has 0 radical (unpaired) electrons. The molecule has 0 N–H and O–H groups in total. The molecule has 2 rings (SSSR count). The van der Waals surface area contributed by atoms with Crippen LogP contribution >= 0.6 is 0 Å². The molecule has 0 aliphatic carbocycles. The third-order valence-corrected chi connectivity index (χ3v) is 3.05. The number of hydrogen-bond donors (Lipinski definition) is 0. The van der Waals surface area contributed by atoms with Crippen molar-refractivity contribution in [1.82, 2.24) is 4.98 Å². The molecule has 21 heavy (non-hydrogen) atoms. The van der Waals surface area contributed by atoms with Gasteiger partial charge in [0.25, 0.3) is 0 Å². The van der Waals surface area contributed by atoms with Crippen LogP contribution in [0.1, 0.15) is 39.8 Å². The first-order valence-electron chi connectivity index (χ1n) is 6.48. The van der Waals surface area contributed by atoms with Crippen LogP contribution in [0.3, 0.4) is 0 Å². The molecule has 0 atom stereocenters. The lowest BCUT2D eigenvalue weighted by Crippen LogP contribution is -2.10. The van der Waals surface area contributed by atoms with Gasteiger partial charge in [0.05, 0.1) is 12.0 Å². The van der Waals surface area contributed by atoms with E-state index in [2.05, 4.69) is 4.98 Å². The van der Waals surface area contributed by atoms with E-state index in [0.29, 0.717) is 17.7 Å². The van der Waals surface area contributed by atoms with Crippen molar-refractivity contribution in [1.29, 1.82) is 0 Å². The maximum atomic E-state index is 13.5. The van der Waals surface area contributed by atoms with Crippen LogP contribution in [0.25, 0.3) is 0 Å². The van der Waals surface area contributed by atoms with Crippen molar-refractivity contribution >= 4 is 11.6 Å². The summed E-state index contributed by atoms with van der Waals surface area (Å²) in [6.45, 7) is 1.74. The highest BCUT2D eigenvalue weighted by atomic mass is 19.1. The number of rotatable bonds is 5. The average molecular weight is 289 g/mol. The van der Waals surface area contributed by atoms with Gasteiger partial charge in [-0.1, -0.05) is 13.0 Å². The van der Waals surface area contributed by atoms with E-state index < -0.39 is 23.0 Å². The molecule has 108 valence electrons. The molecular formula is C16H13F2NO2. The summed E-state index contributed by atoms with van der Waals surface area (Å²) in [5, 5.41) is 0. The first-order chi connectivity index (χ1) is 10.0. The summed E-state index contributed by atoms with van der Waals surface area (Å²) in [7, 11) is 0. The molecule has 0 amide bonds. The van der Waals surface area contributed by atoms with Gasteiger partial charge in [0.15, 0.2) is 11.6 Å². The first kappa shape index (κ1) is 15.0. The third kappa shape index (κ3) is 3.37. The number of carbonyl (C=O) groups excluding carboxylic acids is 2. The number of aromatic nitrogens is 1. The third-order valence-electron chi connectivity index (χ3n) is 3.05. The van der Waals surface area contributed by atoms with Crippen LogP contribution in [-0.2, 0) is 6.42 Å². The highest BCUT2D eigenvalue weighted by molar-refractivity contribution is 5.98. The molecule has 3 nitrogen and oxygen atoms in total. The lowest BCUT2D eigenvalue weighted by molar-refractivity contribution is 0.0979. The maximum Gasteiger partial charge on any atom is 0.174 e. The minimum Gasteiger partial charge on any atom is -0.294 e. The van der Waals surface area contributed by atoms with Gasteiger partial charge >= 0.3 is 0 Å². The largest absolute Gasteiger partial charge is 0.294 e. The normalized spacial score (nSPS) is 10.4. The van der Waals surface area contributed by atoms with Crippen LogP contribution in [0, 0.1) is 11.6 Å². The van der Waals surface area contributed by atoms with Crippen LogP contribution in [-0.4, -0.2) is 16.6 Å². The Hall–Kier alpha value is -2.43. The Kier molecular flexibility index (Phi) is 4.52. The second-order valence-electron chi connectivity index (χ2n) is 4.51. The summed E-state index contributed by atoms with van der Waals surface area (Å²) < 4.78 is 27.0. The van der Waals surface area contributed by atoms with Gasteiger partial charge in [0.1, 0.15) is 11.6 Å². The van der Waals surface area contributed by atoms with Crippen LogP contribution in [0.15, 0.2) is 36.5 Å². The van der Waals surface area contributed by atoms with Gasteiger partial charge in [-0.3, -0.25) is 14.6 Å². The minimum atomic E-state index is -0.891. The predicted molar refractivity (Wildman–Crippen MR) is 73.3 cm³/mol. The van der Waals surface area contributed by atoms with Crippen LogP contribution in [0.4, 0.5) is 8.78 Å². The molecule has 1 aromatic carbocycles. The molecule has 0 saturated heterocycles. The number of hydrogen-bond acceptors (Lipinski definition) is 3. The fourth-order valence-electron chi connectivity index (χ4n) is 1.92. The molecule has 0 saturated carbocycles. The summed E-state index contributed by atoms with van der Waals surface area (Å²) in [5.74, 6) is -2.52. The smallest absolute Gasteiger partial charge is 0.174 e. The van der Waals surface area contributed by atoms with Crippen molar-refractivity contribution in [3.8, 4) is 0 Å². The number of pyridine rings is 1. The Bertz CT molecular complexity index is 661. The first-order valence-corrected chi connectivity index (χ1v) is 6.48. The Morgan fingerprint density at radius 2 is 1.71 bits per heavy atom. The van der Waals surface area contributed by atoms with E-state index in [9.17, 15) is 18.4 Å². The highest BCUT2D eigenvalue weighted by Gasteiger charge is 2.17. The van der Waals surface area contributed by atoms with E-state index in [1.807, 2.05) is 0 Å². The molecule has 1 heterocycles. The van der Waals surface area contributed by atoms with Crippen LogP contribution < -0.4 is 0 Å². The zero-order valence-electron chi connectivity index (χ0n) is 11.4. The van der Waals surface area contributed by atoms with E-state index in [4.69, 9.17) is 0 Å². The van der Waals surface area contributed by atoms with E-state index in [1.165, 1.54) is 18.3 Å². The monoisotopic (exact) mass is 289 g/mol. The van der Waals surface area contributed by atoms with E-state index in [-0.39, 0.29) is 12.2 Å². The lowest BCUT2D eigenvalue weighted by Gasteiger charge is -2.04. The van der Waals surface area contributed by atoms with Crippen LogP contribution in [0.2, 0.25) is 0 Å². The maximum absolute atomic E-state index is 13.5. The Balaban J connectivity index is 2.18. The molecule has 0 unspecified atom stereocenters. The van der Waals surface area contributed by atoms with Crippen molar-refractivity contribution in [2.75, 3.05) is 0 Å². The quantitative estimate of drug-likeness (QED) is 0.793. The van der Waals surface area contributed by atoms with Gasteiger partial charge in [0.2, 0.25) is 0 Å². The second kappa shape index (κ2) is 6.35. The van der Waals surface area contributed by atoms with Crippen LogP contribution in [0.5, 0.6) is 0 Å². The number of benzene rings is 1. The van der Waals surface area contributed by atoms with E-state index in [1.54, 1.807) is 13.0 Å². The zero-order chi connectivity index (χ0) is 15.4. The van der Waals surface area contributed by atoms with Gasteiger partial charge < -0.3 is 0 Å². The van der Waals surface area contributed by atoms with Gasteiger partial charge in [-0.15, -0.1) is 0 Å². The Morgan fingerprint density at radius 1 is 1.05 bits per heavy atom. The number of carbonyl (C=O) groups is 2. The second-order valence-corrected chi connectivity index (χ2v) is 4.51. The number of Topliss-reactive ketones (excluding diaryl/α,β-unsaturated/α-hetero) is 2. The summed E-state index contributed by atoms with van der Waals surface area (Å²) in [5.41, 5.74) is 0.245. The number of halogens is 2. The fraction of sp³-hybridized carbons (Fsp3) is 0.188. The minimum absolute atomic E-state index is 0.0551. The van der Waals surface area contributed by atoms with Crippen molar-refractivity contribution in [2.45, 2.75) is 19.8 Å². The average Bonchev–Trinajstić information content (AvgIpc) is 2.47. The molecule has 5 heteroatoms. The Morgan fingerprint density at radius 3 is 2.24 bits per heavy atom. The standard InChI is InChI=1S/C16H13F2NO2/c1-2-14(20)10-6-7-11(19-9-10)8-15(21)16-12(17)4-3-5-13(16)18/h3-7,9H,2,8H2,1H3. The predicted octanol–water partition coefficient (Wildman–Crippen LogP) is 3.38. The van der Waals surface area contributed by atoms with Gasteiger partial charge in [0, 0.05) is 23.9 Å². The molecule has 0 fully saturated rings. The molecule has 0 spiro atoms. The fourth-order valence-corrected chi connectivity index (χ4v) is 1.92. The molecule has 0 aliphatic rings. The summed E-state index contributed by atoms with van der Waals surface area (Å²) in [6, 6.07) is 6.34. The molecule has 0 aliphatic heterocycles. The van der Waals surface area contributed by atoms with Gasteiger partial charge in [-0.2, -0.15) is 0 Å². The van der Waals surface area contributed by atoms with Gasteiger partial charge in [-0.25, -0.2) is 8.78 Å². The molecule has 0 bridgehead atoms. The van der Waals surface area contributed by atoms with E-state index >= 15 is 0 Å². The lowest BCUT2D eigenvalue weighted by atomic mass is 10.0.